The van der Waals surface area contributed by atoms with Crippen LogP contribution in [0.15, 0.2) is 29.2 Å². The van der Waals surface area contributed by atoms with E-state index in [1.807, 2.05) is 29.2 Å². The van der Waals surface area contributed by atoms with Crippen molar-refractivity contribution in [2.75, 3.05) is 26.7 Å². The first-order chi connectivity index (χ1) is 8.58. The molecule has 0 aromatic heterocycles. The molecular formula is C14H20N2OS. The first-order valence-electron chi connectivity index (χ1n) is 6.36. The van der Waals surface area contributed by atoms with E-state index in [-0.39, 0.29) is 11.9 Å². The van der Waals surface area contributed by atoms with Gasteiger partial charge in [-0.05, 0) is 45.1 Å². The smallest absolute Gasteiger partial charge is 0.254 e. The number of hydrogen-bond acceptors (Lipinski definition) is 3. The summed E-state index contributed by atoms with van der Waals surface area (Å²) in [5.41, 5.74) is 0.735. The molecule has 4 heteroatoms. The number of carbonyl (C=O) groups excluding carboxylic acids is 1. The molecule has 1 fully saturated rings. The molecule has 0 aliphatic carbocycles. The highest BCUT2D eigenvalue weighted by atomic mass is 32.1. The lowest BCUT2D eigenvalue weighted by Gasteiger charge is -2.28. The van der Waals surface area contributed by atoms with Gasteiger partial charge in [0.05, 0.1) is 0 Å². The summed E-state index contributed by atoms with van der Waals surface area (Å²) in [6.07, 6.45) is 1.03. The Morgan fingerprint density at radius 1 is 1.39 bits per heavy atom. The van der Waals surface area contributed by atoms with E-state index in [9.17, 15) is 4.79 Å². The van der Waals surface area contributed by atoms with Crippen molar-refractivity contribution in [3.63, 3.8) is 0 Å². The molecular weight excluding hydrogens is 244 g/mol. The van der Waals surface area contributed by atoms with Gasteiger partial charge in [-0.2, -0.15) is 0 Å². The Morgan fingerprint density at radius 3 is 2.89 bits per heavy atom. The molecule has 1 unspecified atom stereocenters. The third kappa shape index (κ3) is 3.06. The summed E-state index contributed by atoms with van der Waals surface area (Å²) in [6.45, 7) is 4.94. The van der Waals surface area contributed by atoms with Crippen molar-refractivity contribution in [2.45, 2.75) is 24.3 Å². The normalized spacial score (nSPS) is 21.7. The maximum atomic E-state index is 12.5. The third-order valence-corrected chi connectivity index (χ3v) is 3.68. The lowest BCUT2D eigenvalue weighted by molar-refractivity contribution is 0.0696. The summed E-state index contributed by atoms with van der Waals surface area (Å²) in [6, 6.07) is 7.73. The lowest BCUT2D eigenvalue weighted by atomic mass is 10.1. The summed E-state index contributed by atoms with van der Waals surface area (Å²) in [7, 11) is 2.11. The molecule has 1 aliphatic rings. The van der Waals surface area contributed by atoms with Crippen LogP contribution in [0.25, 0.3) is 0 Å². The number of thiol groups is 1. The topological polar surface area (TPSA) is 23.6 Å². The van der Waals surface area contributed by atoms with Gasteiger partial charge in [-0.1, -0.05) is 6.07 Å². The number of hydrogen-bond donors (Lipinski definition) is 1. The second kappa shape index (κ2) is 5.76. The number of benzene rings is 1. The van der Waals surface area contributed by atoms with Crippen molar-refractivity contribution in [3.8, 4) is 0 Å². The molecule has 0 N–H and O–H groups in total. The molecule has 2 rings (SSSR count). The van der Waals surface area contributed by atoms with Crippen LogP contribution in [0.1, 0.15) is 23.7 Å². The molecule has 1 amide bonds. The maximum Gasteiger partial charge on any atom is 0.254 e. The number of carbonyl (C=O) groups is 1. The van der Waals surface area contributed by atoms with Crippen molar-refractivity contribution >= 4 is 18.5 Å². The molecule has 0 bridgehead atoms. The third-order valence-electron chi connectivity index (χ3n) is 3.40. The minimum Gasteiger partial charge on any atom is -0.335 e. The van der Waals surface area contributed by atoms with Gasteiger partial charge in [-0.3, -0.25) is 4.79 Å². The van der Waals surface area contributed by atoms with E-state index in [0.29, 0.717) is 0 Å². The van der Waals surface area contributed by atoms with Crippen molar-refractivity contribution in [1.29, 1.82) is 0 Å². The summed E-state index contributed by atoms with van der Waals surface area (Å²) in [5, 5.41) is 0. The summed E-state index contributed by atoms with van der Waals surface area (Å²) >= 11 is 4.29. The van der Waals surface area contributed by atoms with Crippen LogP contribution in [0.4, 0.5) is 0 Å². The zero-order chi connectivity index (χ0) is 13.1. The molecule has 98 valence electrons. The van der Waals surface area contributed by atoms with Crippen molar-refractivity contribution < 1.29 is 4.79 Å². The Balaban J connectivity index is 2.17. The first-order valence-corrected chi connectivity index (χ1v) is 6.81. The molecule has 0 spiro atoms. The molecule has 18 heavy (non-hydrogen) atoms. The van der Waals surface area contributed by atoms with E-state index in [2.05, 4.69) is 31.5 Å². The van der Waals surface area contributed by atoms with Crippen LogP contribution in [-0.2, 0) is 0 Å². The fourth-order valence-corrected chi connectivity index (χ4v) is 2.70. The molecule has 1 heterocycles. The average molecular weight is 264 g/mol. The van der Waals surface area contributed by atoms with Gasteiger partial charge >= 0.3 is 0 Å². The van der Waals surface area contributed by atoms with Crippen LogP contribution < -0.4 is 0 Å². The zero-order valence-electron chi connectivity index (χ0n) is 11.0. The largest absolute Gasteiger partial charge is 0.335 e. The molecule has 0 saturated carbocycles. The quantitative estimate of drug-likeness (QED) is 0.786. The van der Waals surface area contributed by atoms with Gasteiger partial charge < -0.3 is 9.80 Å². The minimum atomic E-state index is 0.119. The predicted octanol–water partition coefficient (Wildman–Crippen LogP) is 2.14. The van der Waals surface area contributed by atoms with Gasteiger partial charge in [-0.15, -0.1) is 12.6 Å². The molecule has 1 aromatic carbocycles. The molecule has 1 aliphatic heterocycles. The molecule has 1 atom stereocenters. The highest BCUT2D eigenvalue weighted by molar-refractivity contribution is 7.80. The van der Waals surface area contributed by atoms with Crippen LogP contribution in [0, 0.1) is 0 Å². The second-order valence-corrected chi connectivity index (χ2v) is 5.53. The van der Waals surface area contributed by atoms with Crippen molar-refractivity contribution in [3.05, 3.63) is 29.8 Å². The van der Waals surface area contributed by atoms with E-state index in [1.165, 1.54) is 0 Å². The van der Waals surface area contributed by atoms with Gasteiger partial charge in [-0.25, -0.2) is 0 Å². The molecule has 0 radical (unpaired) electrons. The van der Waals surface area contributed by atoms with E-state index in [1.54, 1.807) is 0 Å². The van der Waals surface area contributed by atoms with Crippen LogP contribution in [0.2, 0.25) is 0 Å². The van der Waals surface area contributed by atoms with E-state index in [4.69, 9.17) is 0 Å². The van der Waals surface area contributed by atoms with Gasteiger partial charge in [0.1, 0.15) is 0 Å². The zero-order valence-corrected chi connectivity index (χ0v) is 11.9. The van der Waals surface area contributed by atoms with Crippen LogP contribution in [-0.4, -0.2) is 48.4 Å². The maximum absolute atomic E-state index is 12.5. The fraction of sp³-hybridized carbons (Fsp3) is 0.500. The van der Waals surface area contributed by atoms with Crippen molar-refractivity contribution in [1.82, 2.24) is 9.80 Å². The summed E-state index contributed by atoms with van der Waals surface area (Å²) in [4.78, 5) is 17.6. The number of amides is 1. The highest BCUT2D eigenvalue weighted by Gasteiger charge is 2.24. The van der Waals surface area contributed by atoms with Crippen LogP contribution in [0.5, 0.6) is 0 Å². The van der Waals surface area contributed by atoms with Gasteiger partial charge in [0, 0.05) is 29.6 Å². The average Bonchev–Trinajstić information content (AvgIpc) is 2.49. The Hall–Kier alpha value is -1.00. The minimum absolute atomic E-state index is 0.119. The molecule has 3 nitrogen and oxygen atoms in total. The SMILES string of the molecule is CC1CN(C)CCCN1C(=O)c1cccc(S)c1. The second-order valence-electron chi connectivity index (χ2n) is 5.01. The number of nitrogens with zero attached hydrogens (tertiary/aromatic N) is 2. The van der Waals surface area contributed by atoms with E-state index in [0.717, 1.165) is 36.5 Å². The van der Waals surface area contributed by atoms with Gasteiger partial charge in [0.15, 0.2) is 0 Å². The summed E-state index contributed by atoms with van der Waals surface area (Å²) in [5.74, 6) is 0.119. The number of likely N-dealkylation sites (N-methyl/N-ethyl adjacent to an activating group) is 1. The first kappa shape index (κ1) is 13.4. The van der Waals surface area contributed by atoms with Crippen LogP contribution in [0.3, 0.4) is 0 Å². The Bertz CT molecular complexity index is 436. The monoisotopic (exact) mass is 264 g/mol. The van der Waals surface area contributed by atoms with Gasteiger partial charge in [0.2, 0.25) is 0 Å². The Morgan fingerprint density at radius 2 is 2.17 bits per heavy atom. The lowest BCUT2D eigenvalue weighted by Crippen LogP contribution is -2.41. The predicted molar refractivity (Wildman–Crippen MR) is 76.3 cm³/mol. The Labute approximate surface area is 114 Å². The molecule has 1 saturated heterocycles. The number of rotatable bonds is 1. The van der Waals surface area contributed by atoms with E-state index < -0.39 is 0 Å². The van der Waals surface area contributed by atoms with Crippen LogP contribution >= 0.6 is 12.6 Å². The van der Waals surface area contributed by atoms with E-state index >= 15 is 0 Å². The van der Waals surface area contributed by atoms with Gasteiger partial charge in [0.25, 0.3) is 5.91 Å². The Kier molecular flexibility index (Phi) is 4.30. The highest BCUT2D eigenvalue weighted by Crippen LogP contribution is 2.15. The molecule has 1 aromatic rings. The van der Waals surface area contributed by atoms with Crippen molar-refractivity contribution in [2.24, 2.45) is 0 Å². The fourth-order valence-electron chi connectivity index (χ4n) is 2.48. The standard InChI is InChI=1S/C14H20N2OS/c1-11-10-15(2)7-4-8-16(11)14(17)12-5-3-6-13(18)9-12/h3,5-6,9,11,18H,4,7-8,10H2,1-2H3. The summed E-state index contributed by atoms with van der Waals surface area (Å²) < 4.78 is 0.